The molecule has 79 heavy (non-hydrogen) atoms. The summed E-state index contributed by atoms with van der Waals surface area (Å²) in [5, 5.41) is 92.6. The van der Waals surface area contributed by atoms with Gasteiger partial charge in [-0.2, -0.15) is 0 Å². The highest BCUT2D eigenvalue weighted by atomic mass is 16.7. The van der Waals surface area contributed by atoms with Gasteiger partial charge in [-0.25, -0.2) is 4.79 Å². The van der Waals surface area contributed by atoms with Crippen molar-refractivity contribution in [2.75, 3.05) is 35.0 Å². The van der Waals surface area contributed by atoms with Crippen molar-refractivity contribution in [3.05, 3.63) is 58.7 Å². The van der Waals surface area contributed by atoms with Crippen LogP contribution < -0.4 is 0 Å². The van der Waals surface area contributed by atoms with Crippen molar-refractivity contribution < 1.29 is 102 Å². The van der Waals surface area contributed by atoms with Crippen molar-refractivity contribution in [1.82, 2.24) is 0 Å². The molecule has 8 N–H and O–H groups in total. The fraction of sp³-hybridized carbons (Fsp3) is 0.810. The summed E-state index contributed by atoms with van der Waals surface area (Å²) in [4.78, 5) is 14.1. The second-order valence-corrected chi connectivity index (χ2v) is 23.0. The van der Waals surface area contributed by atoms with E-state index in [2.05, 4.69) is 0 Å². The molecular weight excluding hydrogens is 1030 g/mol. The summed E-state index contributed by atoms with van der Waals surface area (Å²) in [5.41, 5.74) is 0.977. The summed E-state index contributed by atoms with van der Waals surface area (Å²) in [5.74, 6) is -5.45. The van der Waals surface area contributed by atoms with Gasteiger partial charge >= 0.3 is 5.97 Å². The Kier molecular flexibility index (Phi) is 25.3. The van der Waals surface area contributed by atoms with E-state index >= 15 is 0 Å². The number of hydrogen-bond acceptors (Lipinski definition) is 21. The third-order valence-electron chi connectivity index (χ3n) is 16.4. The molecule has 0 spiro atoms. The maximum atomic E-state index is 14.1. The Morgan fingerprint density at radius 3 is 2.05 bits per heavy atom. The Bertz CT molecular complexity index is 2080. The Morgan fingerprint density at radius 1 is 0.747 bits per heavy atom. The first-order chi connectivity index (χ1) is 37.1. The summed E-state index contributed by atoms with van der Waals surface area (Å²) in [6.07, 6.45) is -8.27. The molecule has 5 aliphatic heterocycles. The third kappa shape index (κ3) is 17.3. The smallest absolute Gasteiger partial charge is 0.334 e. The lowest BCUT2D eigenvalue weighted by atomic mass is 9.76. The second kappa shape index (κ2) is 29.8. The van der Waals surface area contributed by atoms with Crippen LogP contribution in [-0.2, 0) is 61.6 Å². The third-order valence-corrected chi connectivity index (χ3v) is 16.4. The molecular formula is C58H96O21. The Balaban J connectivity index is 1.37. The van der Waals surface area contributed by atoms with Gasteiger partial charge in [0.05, 0.1) is 73.2 Å². The maximum absolute atomic E-state index is 14.1. The summed E-state index contributed by atoms with van der Waals surface area (Å²) in [7, 11) is 5.80. The molecule has 4 fully saturated rings. The van der Waals surface area contributed by atoms with Crippen LogP contribution in [0.15, 0.2) is 58.7 Å². The van der Waals surface area contributed by atoms with Gasteiger partial charge in [0.2, 0.25) is 5.79 Å². The molecule has 21 nitrogen and oxygen atoms in total. The molecule has 454 valence electrons. The van der Waals surface area contributed by atoms with Gasteiger partial charge in [0.25, 0.3) is 0 Å². The minimum atomic E-state index is -2.54. The van der Waals surface area contributed by atoms with Gasteiger partial charge < -0.3 is 97.7 Å². The van der Waals surface area contributed by atoms with E-state index < -0.39 is 152 Å². The van der Waals surface area contributed by atoms with Crippen molar-refractivity contribution in [2.24, 2.45) is 17.8 Å². The van der Waals surface area contributed by atoms with E-state index in [1.54, 1.807) is 54.5 Å². The molecule has 0 saturated carbocycles. The van der Waals surface area contributed by atoms with Gasteiger partial charge in [-0.1, -0.05) is 67.9 Å². The van der Waals surface area contributed by atoms with Gasteiger partial charge in [-0.05, 0) is 74.3 Å². The number of aliphatic hydroxyl groups is 8. The minimum absolute atomic E-state index is 0.00743. The number of aliphatic hydroxyl groups excluding tert-OH is 6. The largest absolute Gasteiger partial charge is 0.456 e. The lowest BCUT2D eigenvalue weighted by molar-refractivity contribution is -0.366. The average molecular weight is 1130 g/mol. The SMILES string of the molecule is COC[C@@H](CC1O[C@@](O)([C@H](O)C2C[C@H](OC)[C@@H](O)CC/C=C(C)/C=C/[C@@H](O[C@@H]3O[C@@H](C)[C@H](OC)[C@@H](O)[C@@H]3O)[C@H](C)/C=C(C)/C=C(C)/C=C(\C)C(=O)O2)[C@H](C)[C@@H](O)[C@H]1C)O[C@H]1C[C@](C)(O)[C@@H](O[C@H]2C[C@@H](OC)[C@H](O)[C@H](C)O2)[C@H](C)O1. The number of rotatable bonds is 15. The first kappa shape index (κ1) is 67.2. The molecule has 5 aliphatic rings. The topological polar surface area (TPSA) is 290 Å². The monoisotopic (exact) mass is 1130 g/mol. The summed E-state index contributed by atoms with van der Waals surface area (Å²) >= 11 is 0. The van der Waals surface area contributed by atoms with Crippen LogP contribution in [0.2, 0.25) is 0 Å². The van der Waals surface area contributed by atoms with Crippen LogP contribution in [0.1, 0.15) is 115 Å². The van der Waals surface area contributed by atoms with Gasteiger partial charge in [-0.15, -0.1) is 0 Å². The van der Waals surface area contributed by atoms with Crippen LogP contribution >= 0.6 is 0 Å². The van der Waals surface area contributed by atoms with Crippen molar-refractivity contribution >= 4 is 5.97 Å². The van der Waals surface area contributed by atoms with E-state index in [4.69, 9.17) is 56.8 Å². The highest BCUT2D eigenvalue weighted by molar-refractivity contribution is 5.88. The lowest BCUT2D eigenvalue weighted by Crippen LogP contribution is -2.66. The Hall–Kier alpha value is -2.59. The highest BCUT2D eigenvalue weighted by Crippen LogP contribution is 2.43. The minimum Gasteiger partial charge on any atom is -0.456 e. The number of methoxy groups -OCH3 is 4. The van der Waals surface area contributed by atoms with Crippen LogP contribution in [0.25, 0.3) is 0 Å². The molecule has 0 amide bonds. The van der Waals surface area contributed by atoms with Crippen molar-refractivity contribution in [2.45, 2.75) is 249 Å². The molecule has 0 aromatic carbocycles. The quantitative estimate of drug-likeness (QED) is 0.109. The fourth-order valence-corrected chi connectivity index (χ4v) is 11.6. The number of ether oxygens (including phenoxy) is 12. The number of cyclic esters (lactones) is 1. The molecule has 0 bridgehead atoms. The molecule has 0 aromatic heterocycles. The van der Waals surface area contributed by atoms with Gasteiger partial charge in [0, 0.05) is 77.4 Å². The van der Waals surface area contributed by atoms with E-state index in [1.165, 1.54) is 35.4 Å². The molecule has 5 heterocycles. The zero-order valence-corrected chi connectivity index (χ0v) is 49.1. The molecule has 2 unspecified atom stereocenters. The Labute approximate surface area is 467 Å². The zero-order chi connectivity index (χ0) is 58.8. The first-order valence-corrected chi connectivity index (χ1v) is 27.9. The normalized spacial score (nSPS) is 46.7. The Morgan fingerprint density at radius 2 is 1.42 bits per heavy atom. The second-order valence-electron chi connectivity index (χ2n) is 23.0. The van der Waals surface area contributed by atoms with Gasteiger partial charge in [-0.3, -0.25) is 0 Å². The number of allylic oxidation sites excluding steroid dienone is 7. The van der Waals surface area contributed by atoms with Crippen molar-refractivity contribution in [3.63, 3.8) is 0 Å². The molecule has 25 atom stereocenters. The van der Waals surface area contributed by atoms with Crippen molar-refractivity contribution in [1.29, 1.82) is 0 Å². The predicted octanol–water partition coefficient (Wildman–Crippen LogP) is 3.59. The molecule has 4 saturated heterocycles. The van der Waals surface area contributed by atoms with Crippen molar-refractivity contribution in [3.8, 4) is 0 Å². The maximum Gasteiger partial charge on any atom is 0.334 e. The van der Waals surface area contributed by atoms with Crippen LogP contribution in [-0.4, -0.2) is 216 Å². The van der Waals surface area contributed by atoms with Crippen LogP contribution in [0, 0.1) is 17.8 Å². The average Bonchev–Trinajstić information content (AvgIpc) is 3.46. The van der Waals surface area contributed by atoms with Crippen LogP contribution in [0.4, 0.5) is 0 Å². The van der Waals surface area contributed by atoms with Crippen LogP contribution in [0.3, 0.4) is 0 Å². The molecule has 5 rings (SSSR count). The van der Waals surface area contributed by atoms with Gasteiger partial charge in [0.1, 0.15) is 42.7 Å². The van der Waals surface area contributed by atoms with E-state index in [-0.39, 0.29) is 50.2 Å². The molecule has 21 heteroatoms. The predicted molar refractivity (Wildman–Crippen MR) is 288 cm³/mol. The molecule has 0 aromatic rings. The fourth-order valence-electron chi connectivity index (χ4n) is 11.6. The van der Waals surface area contributed by atoms with Crippen LogP contribution in [0.5, 0.6) is 0 Å². The number of esters is 1. The number of hydrogen-bond donors (Lipinski definition) is 8. The molecule has 0 radical (unpaired) electrons. The number of carbonyl (C=O) groups is 1. The summed E-state index contributed by atoms with van der Waals surface area (Å²) < 4.78 is 72.0. The number of carbonyl (C=O) groups excluding carboxylic acids is 1. The first-order valence-electron chi connectivity index (χ1n) is 27.9. The standard InChI is InChI=1S/C58H96O21/c1-29-17-16-18-40(59)43(69-13)25-45(76-55(65)33(5)23-31(3)21-30(2)22-32(4)41(20-19-29)77-56-51(63)50(62)52(71-15)37(9)74-56)53(64)58(67)35(7)48(60)34(6)42(79-58)24-39(28-68-12)75-47-27-57(11,66)54(38(10)73-47)78-46-26-44(70-14)49(61)36(8)72-46/h17,19-23,32,34-54,56,59-64,66-67H,16,18,24-28H2,1-15H3/b20-19+,29-17+,30-22+,31-21+,33-23+/t32-,34+,35-,36+,37+,38+,39-,40+,41-,42?,43+,44-,45?,46+,47+,48+,49-,50+,51+,52+,53-,54+,56+,57+,58-/m1/s1. The van der Waals surface area contributed by atoms with E-state index in [9.17, 15) is 45.6 Å². The van der Waals surface area contributed by atoms with E-state index in [1.807, 2.05) is 51.2 Å². The molecule has 0 aliphatic carbocycles. The zero-order valence-electron chi connectivity index (χ0n) is 49.1. The summed E-state index contributed by atoms with van der Waals surface area (Å²) in [6.45, 7) is 19.1. The van der Waals surface area contributed by atoms with Gasteiger partial charge in [0.15, 0.2) is 18.9 Å². The summed E-state index contributed by atoms with van der Waals surface area (Å²) in [6, 6.07) is 0. The van der Waals surface area contributed by atoms with E-state index in [0.717, 1.165) is 11.1 Å². The lowest BCUT2D eigenvalue weighted by Gasteiger charge is -2.51. The highest BCUT2D eigenvalue weighted by Gasteiger charge is 2.57. The van der Waals surface area contributed by atoms with E-state index in [0.29, 0.717) is 12.0 Å².